The van der Waals surface area contributed by atoms with Gasteiger partial charge in [0, 0.05) is 13.3 Å². The van der Waals surface area contributed by atoms with Crippen molar-refractivity contribution < 1.29 is 24.0 Å². The summed E-state index contributed by atoms with van der Waals surface area (Å²) in [6.07, 6.45) is 0.221. The van der Waals surface area contributed by atoms with Gasteiger partial charge >= 0.3 is 13.1 Å². The second-order valence-electron chi connectivity index (χ2n) is 7.13. The molecular weight excluding hydrogens is 309 g/mol. The highest BCUT2D eigenvalue weighted by atomic mass is 16.7. The van der Waals surface area contributed by atoms with Crippen LogP contribution in [0.15, 0.2) is 24.3 Å². The molecule has 24 heavy (non-hydrogen) atoms. The van der Waals surface area contributed by atoms with E-state index in [2.05, 4.69) is 5.32 Å². The highest BCUT2D eigenvalue weighted by Crippen LogP contribution is 2.36. The van der Waals surface area contributed by atoms with Gasteiger partial charge in [0.1, 0.15) is 6.04 Å². The predicted molar refractivity (Wildman–Crippen MR) is 91.1 cm³/mol. The molecule has 1 atom stereocenters. The van der Waals surface area contributed by atoms with Crippen molar-refractivity contribution in [3.05, 3.63) is 29.8 Å². The molecule has 0 radical (unpaired) electrons. The van der Waals surface area contributed by atoms with Gasteiger partial charge in [0.05, 0.1) is 11.2 Å². The Morgan fingerprint density at radius 1 is 1.12 bits per heavy atom. The molecule has 1 saturated heterocycles. The van der Waals surface area contributed by atoms with Crippen LogP contribution in [0.3, 0.4) is 0 Å². The van der Waals surface area contributed by atoms with Gasteiger partial charge in [-0.05, 0) is 38.7 Å². The van der Waals surface area contributed by atoms with Gasteiger partial charge in [-0.25, -0.2) is 4.79 Å². The number of aliphatic carboxylic acids is 1. The molecule has 0 spiro atoms. The fourth-order valence-electron chi connectivity index (χ4n) is 2.47. The zero-order chi connectivity index (χ0) is 18.1. The average molecular weight is 333 g/mol. The largest absolute Gasteiger partial charge is 0.494 e. The third-order valence-corrected chi connectivity index (χ3v) is 4.62. The quantitative estimate of drug-likeness (QED) is 0.789. The van der Waals surface area contributed by atoms with Crippen LogP contribution < -0.4 is 10.8 Å². The van der Waals surface area contributed by atoms with Crippen molar-refractivity contribution in [1.82, 2.24) is 5.32 Å². The Labute approximate surface area is 142 Å². The molecule has 1 amide bonds. The van der Waals surface area contributed by atoms with Crippen LogP contribution >= 0.6 is 0 Å². The van der Waals surface area contributed by atoms with Gasteiger partial charge in [0.25, 0.3) is 0 Å². The molecule has 6 nitrogen and oxygen atoms in total. The monoisotopic (exact) mass is 333 g/mol. The Morgan fingerprint density at radius 3 is 2.04 bits per heavy atom. The number of hydrogen-bond donors (Lipinski definition) is 2. The number of amides is 1. The minimum absolute atomic E-state index is 0.221. The molecule has 1 fully saturated rings. The van der Waals surface area contributed by atoms with E-state index in [-0.39, 0.29) is 12.3 Å². The number of hydrogen-bond acceptors (Lipinski definition) is 4. The van der Waals surface area contributed by atoms with Crippen molar-refractivity contribution in [1.29, 1.82) is 0 Å². The van der Waals surface area contributed by atoms with Crippen molar-refractivity contribution in [2.45, 2.75) is 58.3 Å². The summed E-state index contributed by atoms with van der Waals surface area (Å²) in [6.45, 7) is 9.27. The number of carbonyl (C=O) groups excluding carboxylic acids is 1. The number of carbonyl (C=O) groups is 2. The van der Waals surface area contributed by atoms with Crippen LogP contribution in [0.2, 0.25) is 0 Å². The highest BCUT2D eigenvalue weighted by Gasteiger charge is 2.51. The van der Waals surface area contributed by atoms with Crippen molar-refractivity contribution in [2.75, 3.05) is 0 Å². The van der Waals surface area contributed by atoms with E-state index in [1.807, 2.05) is 52.0 Å². The molecule has 0 aliphatic carbocycles. The highest BCUT2D eigenvalue weighted by molar-refractivity contribution is 6.62. The summed E-state index contributed by atoms with van der Waals surface area (Å²) in [4.78, 5) is 22.3. The van der Waals surface area contributed by atoms with Crippen molar-refractivity contribution in [2.24, 2.45) is 0 Å². The molecule has 1 aromatic rings. The molecule has 7 heteroatoms. The van der Waals surface area contributed by atoms with Gasteiger partial charge in [-0.1, -0.05) is 24.3 Å². The average Bonchev–Trinajstić information content (AvgIpc) is 2.67. The Morgan fingerprint density at radius 2 is 1.62 bits per heavy atom. The van der Waals surface area contributed by atoms with Gasteiger partial charge in [-0.2, -0.15) is 0 Å². The molecule has 1 aliphatic rings. The van der Waals surface area contributed by atoms with Gasteiger partial charge in [0.15, 0.2) is 0 Å². The molecular formula is C17H24BNO5. The topological polar surface area (TPSA) is 84.9 Å². The standard InChI is InChI=1S/C17H24BNO5/c1-11(20)19-14(15(21)22)10-12-6-8-13(9-7-12)18-23-16(2,3)17(4,5)24-18/h6-9,14H,10H2,1-5H3,(H,19,20)(H,21,22)/t14-/m0/s1. The molecule has 2 N–H and O–H groups in total. The second kappa shape index (κ2) is 6.57. The Balaban J connectivity index is 2.08. The lowest BCUT2D eigenvalue weighted by atomic mass is 9.78. The lowest BCUT2D eigenvalue weighted by molar-refractivity contribution is -0.141. The maximum atomic E-state index is 11.2. The molecule has 0 unspecified atom stereocenters. The molecule has 1 aromatic carbocycles. The molecule has 0 aromatic heterocycles. The number of rotatable bonds is 5. The lowest BCUT2D eigenvalue weighted by Gasteiger charge is -2.32. The van der Waals surface area contributed by atoms with E-state index >= 15 is 0 Å². The summed E-state index contributed by atoms with van der Waals surface area (Å²) in [6, 6.07) is 6.45. The SMILES string of the molecule is CC(=O)N[C@@H](Cc1ccc(B2OC(C)(C)C(C)(C)O2)cc1)C(=O)O. The van der Waals surface area contributed by atoms with Gasteiger partial charge < -0.3 is 19.7 Å². The normalized spacial score (nSPS) is 19.8. The van der Waals surface area contributed by atoms with Crippen LogP contribution in [-0.2, 0) is 25.3 Å². The summed E-state index contributed by atoms with van der Waals surface area (Å²) in [7, 11) is -0.449. The number of carboxylic acid groups (broad SMARTS) is 1. The van der Waals surface area contributed by atoms with E-state index in [0.29, 0.717) is 0 Å². The Kier molecular flexibility index (Phi) is 5.06. The summed E-state index contributed by atoms with van der Waals surface area (Å²) < 4.78 is 12.0. The van der Waals surface area contributed by atoms with Gasteiger partial charge in [0.2, 0.25) is 5.91 Å². The van der Waals surface area contributed by atoms with E-state index in [1.165, 1.54) is 6.92 Å². The lowest BCUT2D eigenvalue weighted by Crippen LogP contribution is -2.41. The van der Waals surface area contributed by atoms with Crippen molar-refractivity contribution >= 4 is 24.5 Å². The summed E-state index contributed by atoms with van der Waals surface area (Å²) >= 11 is 0. The second-order valence-corrected chi connectivity index (χ2v) is 7.13. The minimum Gasteiger partial charge on any atom is -0.480 e. The van der Waals surface area contributed by atoms with Gasteiger partial charge in [-0.15, -0.1) is 0 Å². The Bertz CT molecular complexity index is 610. The first-order valence-corrected chi connectivity index (χ1v) is 7.96. The third kappa shape index (κ3) is 3.97. The fraction of sp³-hybridized carbons (Fsp3) is 0.529. The number of nitrogens with one attached hydrogen (secondary N) is 1. The van der Waals surface area contributed by atoms with Crippen LogP contribution in [0, 0.1) is 0 Å². The van der Waals surface area contributed by atoms with Crippen LogP contribution in [0.5, 0.6) is 0 Å². The molecule has 1 heterocycles. The summed E-state index contributed by atoms with van der Waals surface area (Å²) in [5.74, 6) is -1.42. The first-order chi connectivity index (χ1) is 11.0. The number of benzene rings is 1. The fourth-order valence-corrected chi connectivity index (χ4v) is 2.47. The van der Waals surface area contributed by atoms with E-state index in [1.54, 1.807) is 0 Å². The van der Waals surface area contributed by atoms with Gasteiger partial charge in [-0.3, -0.25) is 4.79 Å². The van der Waals surface area contributed by atoms with Crippen LogP contribution in [0.25, 0.3) is 0 Å². The predicted octanol–water partition coefficient (Wildman–Crippen LogP) is 1.12. The molecule has 2 rings (SSSR count). The number of carboxylic acids is 1. The molecule has 1 aliphatic heterocycles. The van der Waals surface area contributed by atoms with E-state index < -0.39 is 30.3 Å². The molecule has 0 saturated carbocycles. The summed E-state index contributed by atoms with van der Waals surface area (Å²) in [5.41, 5.74) is 0.881. The first kappa shape index (κ1) is 18.5. The van der Waals surface area contributed by atoms with Crippen LogP contribution in [-0.4, -0.2) is 41.3 Å². The zero-order valence-corrected chi connectivity index (χ0v) is 14.8. The molecule has 0 bridgehead atoms. The van der Waals surface area contributed by atoms with E-state index in [4.69, 9.17) is 9.31 Å². The minimum atomic E-state index is -1.06. The maximum absolute atomic E-state index is 11.2. The first-order valence-electron chi connectivity index (χ1n) is 7.96. The molecule has 130 valence electrons. The third-order valence-electron chi connectivity index (χ3n) is 4.62. The van der Waals surface area contributed by atoms with Crippen LogP contribution in [0.1, 0.15) is 40.2 Å². The van der Waals surface area contributed by atoms with Crippen molar-refractivity contribution in [3.63, 3.8) is 0 Å². The van der Waals surface area contributed by atoms with Crippen LogP contribution in [0.4, 0.5) is 0 Å². The van der Waals surface area contributed by atoms with Crippen molar-refractivity contribution in [3.8, 4) is 0 Å². The van der Waals surface area contributed by atoms with E-state index in [9.17, 15) is 14.7 Å². The summed E-state index contributed by atoms with van der Waals surface area (Å²) in [5, 5.41) is 11.6. The Hall–Kier alpha value is -1.86. The maximum Gasteiger partial charge on any atom is 0.494 e. The zero-order valence-electron chi connectivity index (χ0n) is 14.8. The van der Waals surface area contributed by atoms with E-state index in [0.717, 1.165) is 11.0 Å². The smallest absolute Gasteiger partial charge is 0.480 e.